The van der Waals surface area contributed by atoms with Crippen molar-refractivity contribution in [3.05, 3.63) is 34.3 Å². The molecule has 0 aromatic heterocycles. The van der Waals surface area contributed by atoms with Crippen LogP contribution in [0.4, 0.5) is 0 Å². The van der Waals surface area contributed by atoms with Crippen molar-refractivity contribution in [3.8, 4) is 0 Å². The lowest BCUT2D eigenvalue weighted by Gasteiger charge is -2.27. The molecule has 2 rings (SSSR count). The molecule has 1 aliphatic rings. The second kappa shape index (κ2) is 5.04. The summed E-state index contributed by atoms with van der Waals surface area (Å²) in [6.07, 6.45) is 1.04. The van der Waals surface area contributed by atoms with E-state index in [0.717, 1.165) is 11.1 Å². The van der Waals surface area contributed by atoms with E-state index in [-0.39, 0.29) is 24.4 Å². The molecule has 3 nitrogen and oxygen atoms in total. The molecule has 0 aliphatic heterocycles. The molecule has 88 valence electrons. The Balaban J connectivity index is 0.00000128. The average molecular weight is 262 g/mol. The number of hydrogen-bond donors (Lipinski definition) is 2. The molecule has 2 unspecified atom stereocenters. The number of carboxylic acid groups (broad SMARTS) is 1. The Kier molecular flexibility index (Phi) is 4.19. The molecule has 3 N–H and O–H groups in total. The van der Waals surface area contributed by atoms with Gasteiger partial charge in [-0.15, -0.1) is 12.4 Å². The Labute approximate surface area is 105 Å². The number of nitrogens with two attached hydrogens (primary N) is 1. The Morgan fingerprint density at radius 3 is 2.81 bits per heavy atom. The Bertz CT molecular complexity index is 409. The number of hydrogen-bond acceptors (Lipinski definition) is 2. The van der Waals surface area contributed by atoms with E-state index in [0.29, 0.717) is 17.9 Å². The van der Waals surface area contributed by atoms with Crippen molar-refractivity contribution in [3.63, 3.8) is 0 Å². The lowest BCUT2D eigenvalue weighted by Crippen LogP contribution is -2.28. The number of benzene rings is 1. The van der Waals surface area contributed by atoms with Crippen LogP contribution in [-0.4, -0.2) is 11.1 Å². The van der Waals surface area contributed by atoms with Gasteiger partial charge in [-0.25, -0.2) is 0 Å². The van der Waals surface area contributed by atoms with Gasteiger partial charge in [-0.2, -0.15) is 0 Å². The van der Waals surface area contributed by atoms with Crippen LogP contribution in [-0.2, 0) is 11.2 Å². The normalized spacial score (nSPS) is 23.1. The van der Waals surface area contributed by atoms with Crippen LogP contribution in [0.5, 0.6) is 0 Å². The second-order valence-corrected chi connectivity index (χ2v) is 4.36. The third-order valence-corrected chi connectivity index (χ3v) is 3.10. The maximum Gasteiger partial charge on any atom is 0.306 e. The van der Waals surface area contributed by atoms with Crippen LogP contribution in [0, 0.1) is 5.92 Å². The first-order chi connectivity index (χ1) is 7.08. The van der Waals surface area contributed by atoms with Crippen molar-refractivity contribution in [1.29, 1.82) is 0 Å². The van der Waals surface area contributed by atoms with Crippen LogP contribution < -0.4 is 5.73 Å². The van der Waals surface area contributed by atoms with Crippen molar-refractivity contribution >= 4 is 30.0 Å². The minimum absolute atomic E-state index is 0. The van der Waals surface area contributed by atoms with Gasteiger partial charge in [0, 0.05) is 11.1 Å². The van der Waals surface area contributed by atoms with Gasteiger partial charge >= 0.3 is 5.97 Å². The minimum Gasteiger partial charge on any atom is -0.481 e. The molecule has 2 atom stereocenters. The number of rotatable bonds is 1. The lowest BCUT2D eigenvalue weighted by atomic mass is 9.81. The number of aliphatic carboxylic acids is 1. The van der Waals surface area contributed by atoms with Gasteiger partial charge in [-0.1, -0.05) is 17.7 Å². The maximum atomic E-state index is 10.9. The number of carboxylic acids is 1. The van der Waals surface area contributed by atoms with Crippen LogP contribution in [0.3, 0.4) is 0 Å². The zero-order valence-electron chi connectivity index (χ0n) is 8.52. The van der Waals surface area contributed by atoms with Crippen molar-refractivity contribution in [1.82, 2.24) is 0 Å². The molecule has 0 amide bonds. The van der Waals surface area contributed by atoms with Gasteiger partial charge < -0.3 is 10.8 Å². The highest BCUT2D eigenvalue weighted by atomic mass is 35.5. The summed E-state index contributed by atoms with van der Waals surface area (Å²) in [7, 11) is 0. The number of halogens is 2. The summed E-state index contributed by atoms with van der Waals surface area (Å²) < 4.78 is 0. The highest BCUT2D eigenvalue weighted by molar-refractivity contribution is 6.30. The largest absolute Gasteiger partial charge is 0.481 e. The molecule has 0 bridgehead atoms. The topological polar surface area (TPSA) is 63.3 Å². The van der Waals surface area contributed by atoms with Crippen LogP contribution in [0.15, 0.2) is 18.2 Å². The van der Waals surface area contributed by atoms with E-state index in [2.05, 4.69) is 0 Å². The van der Waals surface area contributed by atoms with E-state index < -0.39 is 5.97 Å². The number of carbonyl (C=O) groups is 1. The van der Waals surface area contributed by atoms with Crippen molar-refractivity contribution < 1.29 is 9.90 Å². The van der Waals surface area contributed by atoms with Gasteiger partial charge in [0.25, 0.3) is 0 Å². The smallest absolute Gasteiger partial charge is 0.306 e. The maximum absolute atomic E-state index is 10.9. The average Bonchev–Trinajstić information content (AvgIpc) is 2.18. The van der Waals surface area contributed by atoms with E-state index in [1.807, 2.05) is 12.1 Å². The molecular weight excluding hydrogens is 249 g/mol. The summed E-state index contributed by atoms with van der Waals surface area (Å²) in [5.41, 5.74) is 7.91. The molecule has 5 heteroatoms. The fourth-order valence-electron chi connectivity index (χ4n) is 2.07. The minimum atomic E-state index is -0.772. The zero-order chi connectivity index (χ0) is 11.0. The van der Waals surface area contributed by atoms with Crippen molar-refractivity contribution in [2.24, 2.45) is 11.7 Å². The quantitative estimate of drug-likeness (QED) is 0.816. The fraction of sp³-hybridized carbons (Fsp3) is 0.364. The Hall–Kier alpha value is -0.770. The van der Waals surface area contributed by atoms with Gasteiger partial charge in [-0.3, -0.25) is 4.79 Å². The molecule has 0 saturated carbocycles. The third-order valence-electron chi connectivity index (χ3n) is 2.86. The van der Waals surface area contributed by atoms with E-state index in [1.165, 1.54) is 0 Å². The van der Waals surface area contributed by atoms with Crippen molar-refractivity contribution in [2.75, 3.05) is 0 Å². The van der Waals surface area contributed by atoms with E-state index in [9.17, 15) is 4.79 Å². The number of fused-ring (bicyclic) bond motifs is 1. The lowest BCUT2D eigenvalue weighted by molar-refractivity contribution is -0.142. The summed E-state index contributed by atoms with van der Waals surface area (Å²) in [4.78, 5) is 10.9. The van der Waals surface area contributed by atoms with Gasteiger partial charge in [0.15, 0.2) is 0 Å². The summed E-state index contributed by atoms with van der Waals surface area (Å²) in [5, 5.41) is 9.61. The second-order valence-electron chi connectivity index (χ2n) is 3.92. The van der Waals surface area contributed by atoms with Gasteiger partial charge in [0.05, 0.1) is 5.92 Å². The SMILES string of the molecule is Cl.NC1CC(C(=O)O)Cc2ccc(Cl)cc21. The van der Waals surface area contributed by atoms with Gasteiger partial charge in [-0.05, 0) is 36.1 Å². The standard InChI is InChI=1S/C11H12ClNO2.ClH/c12-8-2-1-6-3-7(11(14)15)4-10(13)9(6)5-8;/h1-2,5,7,10H,3-4,13H2,(H,14,15);1H. The highest BCUT2D eigenvalue weighted by Crippen LogP contribution is 2.33. The van der Waals surface area contributed by atoms with Crippen LogP contribution in [0.25, 0.3) is 0 Å². The highest BCUT2D eigenvalue weighted by Gasteiger charge is 2.28. The van der Waals surface area contributed by atoms with Crippen LogP contribution in [0.2, 0.25) is 5.02 Å². The van der Waals surface area contributed by atoms with Crippen molar-refractivity contribution in [2.45, 2.75) is 18.9 Å². The molecule has 0 saturated heterocycles. The third kappa shape index (κ3) is 2.48. The first-order valence-electron chi connectivity index (χ1n) is 4.84. The molecule has 0 spiro atoms. The first kappa shape index (κ1) is 13.3. The Morgan fingerprint density at radius 2 is 2.19 bits per heavy atom. The predicted molar refractivity (Wildman–Crippen MR) is 65.1 cm³/mol. The van der Waals surface area contributed by atoms with E-state index in [4.69, 9.17) is 22.4 Å². The molecule has 1 aromatic rings. The Morgan fingerprint density at radius 1 is 1.50 bits per heavy atom. The molecule has 0 fully saturated rings. The zero-order valence-corrected chi connectivity index (χ0v) is 10.1. The molecule has 0 radical (unpaired) electrons. The van der Waals surface area contributed by atoms with Gasteiger partial charge in [0.1, 0.15) is 0 Å². The van der Waals surface area contributed by atoms with E-state index >= 15 is 0 Å². The predicted octanol–water partition coefficient (Wildman–Crippen LogP) is 2.41. The first-order valence-corrected chi connectivity index (χ1v) is 5.22. The molecule has 0 heterocycles. The summed E-state index contributed by atoms with van der Waals surface area (Å²) in [6.45, 7) is 0. The summed E-state index contributed by atoms with van der Waals surface area (Å²) in [5.74, 6) is -1.14. The molecule has 1 aliphatic carbocycles. The van der Waals surface area contributed by atoms with E-state index in [1.54, 1.807) is 6.07 Å². The molecule has 16 heavy (non-hydrogen) atoms. The summed E-state index contributed by atoms with van der Waals surface area (Å²) >= 11 is 5.87. The van der Waals surface area contributed by atoms with Gasteiger partial charge in [0.2, 0.25) is 0 Å². The monoisotopic (exact) mass is 261 g/mol. The molecular formula is C11H13Cl2NO2. The molecule has 1 aromatic carbocycles. The van der Waals surface area contributed by atoms with Crippen LogP contribution in [0.1, 0.15) is 23.6 Å². The summed E-state index contributed by atoms with van der Waals surface area (Å²) in [6, 6.07) is 5.26. The fourth-order valence-corrected chi connectivity index (χ4v) is 2.25. The van der Waals surface area contributed by atoms with Crippen LogP contribution >= 0.6 is 24.0 Å².